The van der Waals surface area contributed by atoms with E-state index in [0.29, 0.717) is 11.3 Å². The Kier molecular flexibility index (Phi) is 4.48. The minimum absolute atomic E-state index is 0.0818. The molecule has 3 aromatic carbocycles. The monoisotopic (exact) mass is 391 g/mol. The van der Waals surface area contributed by atoms with Crippen molar-refractivity contribution in [1.82, 2.24) is 15.1 Å². The van der Waals surface area contributed by atoms with Crippen LogP contribution >= 0.6 is 0 Å². The molecule has 4 aromatic rings. The molecule has 0 aliphatic carbocycles. The van der Waals surface area contributed by atoms with Gasteiger partial charge in [-0.25, -0.2) is 13.5 Å². The number of fused-ring (bicyclic) bond motifs is 1. The number of halogens is 2. The summed E-state index contributed by atoms with van der Waals surface area (Å²) in [4.78, 5) is 0. The van der Waals surface area contributed by atoms with Crippen LogP contribution < -0.4 is 10.1 Å². The van der Waals surface area contributed by atoms with Crippen molar-refractivity contribution in [3.05, 3.63) is 89.6 Å². The molecule has 4 nitrogen and oxygen atoms in total. The van der Waals surface area contributed by atoms with Crippen LogP contribution in [0.3, 0.4) is 0 Å². The molecule has 6 heteroatoms. The normalized spacial score (nSPS) is 14.1. The summed E-state index contributed by atoms with van der Waals surface area (Å²) < 4.78 is 36.7. The van der Waals surface area contributed by atoms with Gasteiger partial charge in [0, 0.05) is 24.4 Å². The average Bonchev–Trinajstić information content (AvgIpc) is 3.12. The number of nitrogens with zero attached hydrogens (tertiary/aromatic N) is 2. The fraction of sp³-hybridized carbons (Fsp3) is 0.174. The van der Waals surface area contributed by atoms with Crippen LogP contribution in [0.2, 0.25) is 0 Å². The smallest absolute Gasteiger partial charge is 0.194 e. The lowest BCUT2D eigenvalue weighted by Crippen LogP contribution is -2.39. The first-order chi connectivity index (χ1) is 14.2. The molecular formula is C23H19F2N3O. The molecule has 146 valence electrons. The Morgan fingerprint density at radius 3 is 2.48 bits per heavy atom. The summed E-state index contributed by atoms with van der Waals surface area (Å²) in [5.41, 5.74) is 2.99. The lowest BCUT2D eigenvalue weighted by molar-refractivity contribution is 0.275. The molecule has 29 heavy (non-hydrogen) atoms. The highest BCUT2D eigenvalue weighted by Crippen LogP contribution is 2.32. The zero-order valence-corrected chi connectivity index (χ0v) is 15.6. The highest BCUT2D eigenvalue weighted by molar-refractivity contribution is 5.82. The first-order valence-corrected chi connectivity index (χ1v) is 9.54. The van der Waals surface area contributed by atoms with E-state index >= 15 is 4.39 Å². The van der Waals surface area contributed by atoms with Gasteiger partial charge in [0.15, 0.2) is 17.4 Å². The van der Waals surface area contributed by atoms with Crippen molar-refractivity contribution >= 4 is 10.9 Å². The van der Waals surface area contributed by atoms with E-state index in [1.807, 2.05) is 54.6 Å². The summed E-state index contributed by atoms with van der Waals surface area (Å²) in [6, 6.07) is 18.4. The second kappa shape index (κ2) is 7.29. The molecule has 0 amide bonds. The van der Waals surface area contributed by atoms with Gasteiger partial charge in [-0.05, 0) is 29.3 Å². The fourth-order valence-corrected chi connectivity index (χ4v) is 3.57. The predicted molar refractivity (Wildman–Crippen MR) is 107 cm³/mol. The van der Waals surface area contributed by atoms with Crippen LogP contribution in [-0.2, 0) is 6.61 Å². The van der Waals surface area contributed by atoms with Crippen molar-refractivity contribution in [2.45, 2.75) is 12.5 Å². The third-order valence-electron chi connectivity index (χ3n) is 5.32. The first-order valence-electron chi connectivity index (χ1n) is 9.54. The topological polar surface area (TPSA) is 39.1 Å². The van der Waals surface area contributed by atoms with Crippen LogP contribution in [0.5, 0.6) is 5.75 Å². The second-order valence-corrected chi connectivity index (χ2v) is 7.22. The maximum absolute atomic E-state index is 15.2. The summed E-state index contributed by atoms with van der Waals surface area (Å²) in [5, 5.41) is 7.92. The zero-order chi connectivity index (χ0) is 19.8. The van der Waals surface area contributed by atoms with Gasteiger partial charge in [-0.2, -0.15) is 5.10 Å². The third-order valence-corrected chi connectivity index (χ3v) is 5.32. The molecule has 1 aliphatic heterocycles. The van der Waals surface area contributed by atoms with Crippen molar-refractivity contribution in [1.29, 1.82) is 0 Å². The van der Waals surface area contributed by atoms with Crippen molar-refractivity contribution in [2.24, 2.45) is 0 Å². The molecular weight excluding hydrogens is 372 g/mol. The summed E-state index contributed by atoms with van der Waals surface area (Å²) in [7, 11) is 0. The van der Waals surface area contributed by atoms with Crippen LogP contribution in [0, 0.1) is 11.6 Å². The molecule has 1 aromatic heterocycles. The van der Waals surface area contributed by atoms with Crippen LogP contribution in [0.4, 0.5) is 8.78 Å². The van der Waals surface area contributed by atoms with Crippen molar-refractivity contribution in [2.75, 3.05) is 13.1 Å². The highest BCUT2D eigenvalue weighted by Gasteiger charge is 2.21. The van der Waals surface area contributed by atoms with E-state index in [9.17, 15) is 4.39 Å². The number of ether oxygens (including phenoxy) is 1. The van der Waals surface area contributed by atoms with E-state index in [0.717, 1.165) is 24.3 Å². The molecule has 0 saturated carbocycles. The number of benzene rings is 3. The highest BCUT2D eigenvalue weighted by atomic mass is 19.1. The first kappa shape index (κ1) is 17.8. The third kappa shape index (κ3) is 3.25. The Balaban J connectivity index is 1.50. The molecule has 0 radical (unpaired) electrons. The van der Waals surface area contributed by atoms with Crippen LogP contribution in [0.25, 0.3) is 16.6 Å². The van der Waals surface area contributed by atoms with E-state index in [1.54, 1.807) is 0 Å². The molecule has 0 atom stereocenters. The van der Waals surface area contributed by atoms with Gasteiger partial charge in [-0.3, -0.25) is 0 Å². The van der Waals surface area contributed by atoms with Crippen molar-refractivity contribution in [3.8, 4) is 11.4 Å². The van der Waals surface area contributed by atoms with E-state index in [4.69, 9.17) is 4.74 Å². The Bertz CT molecular complexity index is 1150. The lowest BCUT2D eigenvalue weighted by atomic mass is 9.94. The van der Waals surface area contributed by atoms with E-state index < -0.39 is 11.6 Å². The second-order valence-electron chi connectivity index (χ2n) is 7.22. The maximum Gasteiger partial charge on any atom is 0.194 e. The van der Waals surface area contributed by atoms with Crippen LogP contribution in [0.15, 0.2) is 66.9 Å². The van der Waals surface area contributed by atoms with Crippen LogP contribution in [-0.4, -0.2) is 22.9 Å². The number of hydrogen-bond donors (Lipinski definition) is 1. The Hall–Kier alpha value is -3.25. The van der Waals surface area contributed by atoms with Gasteiger partial charge in [0.1, 0.15) is 12.1 Å². The maximum atomic E-state index is 15.2. The van der Waals surface area contributed by atoms with E-state index in [1.165, 1.54) is 22.5 Å². The SMILES string of the molecule is Fc1cc2cnn(-c3ccc(C4CNC4)cc3)c2c(F)c1OCc1ccccc1. The zero-order valence-electron chi connectivity index (χ0n) is 15.6. The van der Waals surface area contributed by atoms with Gasteiger partial charge >= 0.3 is 0 Å². The Morgan fingerprint density at radius 1 is 1.03 bits per heavy atom. The summed E-state index contributed by atoms with van der Waals surface area (Å²) in [6.07, 6.45) is 1.46. The summed E-state index contributed by atoms with van der Waals surface area (Å²) >= 11 is 0. The molecule has 1 fully saturated rings. The molecule has 0 bridgehead atoms. The Morgan fingerprint density at radius 2 is 1.79 bits per heavy atom. The quantitative estimate of drug-likeness (QED) is 0.542. The molecule has 0 spiro atoms. The number of hydrogen-bond acceptors (Lipinski definition) is 3. The number of nitrogens with one attached hydrogen (secondary N) is 1. The molecule has 1 N–H and O–H groups in total. The van der Waals surface area contributed by atoms with Gasteiger partial charge in [0.2, 0.25) is 0 Å². The summed E-state index contributed by atoms with van der Waals surface area (Å²) in [6.45, 7) is 2.03. The number of rotatable bonds is 5. The minimum Gasteiger partial charge on any atom is -0.483 e. The van der Waals surface area contributed by atoms with Crippen molar-refractivity contribution < 1.29 is 13.5 Å². The van der Waals surface area contributed by atoms with Gasteiger partial charge in [-0.15, -0.1) is 0 Å². The molecule has 2 heterocycles. The van der Waals surface area contributed by atoms with Gasteiger partial charge in [0.25, 0.3) is 0 Å². The largest absolute Gasteiger partial charge is 0.483 e. The fourth-order valence-electron chi connectivity index (χ4n) is 3.57. The van der Waals surface area contributed by atoms with E-state index in [2.05, 4.69) is 10.4 Å². The summed E-state index contributed by atoms with van der Waals surface area (Å²) in [5.74, 6) is -1.36. The molecule has 1 aliphatic rings. The lowest BCUT2D eigenvalue weighted by Gasteiger charge is -2.27. The van der Waals surface area contributed by atoms with Gasteiger partial charge in [-0.1, -0.05) is 42.5 Å². The standard InChI is InChI=1S/C23H19F2N3O/c24-20-10-17-13-27-28(19-8-6-16(7-9-19)18-11-26-12-18)22(17)21(25)23(20)29-14-15-4-2-1-3-5-15/h1-10,13,18,26H,11-12,14H2. The number of aromatic nitrogens is 2. The predicted octanol–water partition coefficient (Wildman–Crippen LogP) is 4.57. The molecule has 0 unspecified atom stereocenters. The molecule has 1 saturated heterocycles. The minimum atomic E-state index is -0.749. The molecule has 5 rings (SSSR count). The van der Waals surface area contributed by atoms with Crippen molar-refractivity contribution in [3.63, 3.8) is 0 Å². The van der Waals surface area contributed by atoms with E-state index in [-0.39, 0.29) is 17.9 Å². The Labute approximate surface area is 166 Å². The average molecular weight is 391 g/mol. The van der Waals surface area contributed by atoms with Gasteiger partial charge < -0.3 is 10.1 Å². The van der Waals surface area contributed by atoms with Gasteiger partial charge in [0.05, 0.1) is 11.9 Å². The van der Waals surface area contributed by atoms with Crippen LogP contribution in [0.1, 0.15) is 17.0 Å².